The first-order chi connectivity index (χ1) is 9.20. The molecule has 1 fully saturated rings. The van der Waals surface area contributed by atoms with E-state index >= 15 is 0 Å². The molecule has 1 aliphatic heterocycles. The highest BCUT2D eigenvalue weighted by molar-refractivity contribution is 7.94. The van der Waals surface area contributed by atoms with Gasteiger partial charge in [0.05, 0.1) is 22.4 Å². The molecule has 0 unspecified atom stereocenters. The lowest BCUT2D eigenvalue weighted by Gasteiger charge is -2.22. The molecule has 0 aromatic heterocycles. The third kappa shape index (κ3) is 3.40. The molecule has 0 saturated carbocycles. The summed E-state index contributed by atoms with van der Waals surface area (Å²) in [6.07, 6.45) is 0.0520. The van der Waals surface area contributed by atoms with Crippen molar-refractivity contribution in [3.63, 3.8) is 0 Å². The van der Waals surface area contributed by atoms with Gasteiger partial charge in [-0.05, 0) is 25.0 Å². The first kappa shape index (κ1) is 15.0. The van der Waals surface area contributed by atoms with Crippen LogP contribution >= 0.6 is 0 Å². The van der Waals surface area contributed by atoms with E-state index in [2.05, 4.69) is 4.72 Å². The average molecular weight is 323 g/mol. The second kappa shape index (κ2) is 5.21. The largest absolute Gasteiger partial charge is 0.505 e. The number of phenols is 1. The number of anilines is 1. The van der Waals surface area contributed by atoms with Crippen molar-refractivity contribution in [1.82, 2.24) is 0 Å². The molecule has 0 atom stereocenters. The number of benzene rings is 1. The van der Waals surface area contributed by atoms with E-state index in [0.29, 0.717) is 0 Å². The fraction of sp³-hybridized carbons (Fsp3) is 0.455. The fourth-order valence-electron chi connectivity index (χ4n) is 2.00. The molecule has 1 aromatic carbocycles. The number of sulfonamides is 1. The normalized spacial score (nSPS) is 19.6. The number of nitrogens with one attached hydrogen (secondary N) is 1. The predicted octanol–water partition coefficient (Wildman–Crippen LogP) is 0.850. The quantitative estimate of drug-likeness (QED) is 0.803. The smallest absolute Gasteiger partial charge is 0.235 e. The molecule has 0 spiro atoms. The van der Waals surface area contributed by atoms with Crippen molar-refractivity contribution in [2.24, 2.45) is 0 Å². The van der Waals surface area contributed by atoms with Crippen molar-refractivity contribution in [2.45, 2.75) is 18.1 Å². The topological polar surface area (TPSA) is 101 Å². The monoisotopic (exact) mass is 323 g/mol. The van der Waals surface area contributed by atoms with E-state index in [-0.39, 0.29) is 30.0 Å². The highest BCUT2D eigenvalue weighted by Crippen LogP contribution is 2.24. The predicted molar refractivity (Wildman–Crippen MR) is 72.3 cm³/mol. The SMILES string of the molecule is O=S1(=O)CCC(S(=O)(=O)Nc2ccc(O)c(F)c2)CC1. The molecule has 9 heteroatoms. The molecule has 2 rings (SSSR count). The van der Waals surface area contributed by atoms with Crippen LogP contribution in [0.5, 0.6) is 5.75 Å². The standard InChI is InChI=1S/C11H14FNO5S2/c12-10-7-8(1-2-11(10)14)13-20(17,18)9-3-5-19(15,16)6-4-9/h1-2,7,9,13-14H,3-6H2. The minimum absolute atomic E-state index is 0.00580. The van der Waals surface area contributed by atoms with Crippen LogP contribution in [0.3, 0.4) is 0 Å². The highest BCUT2D eigenvalue weighted by Gasteiger charge is 2.32. The van der Waals surface area contributed by atoms with Gasteiger partial charge in [-0.25, -0.2) is 21.2 Å². The summed E-state index contributed by atoms with van der Waals surface area (Å²) < 4.78 is 62.0. The van der Waals surface area contributed by atoms with E-state index in [4.69, 9.17) is 5.11 Å². The summed E-state index contributed by atoms with van der Waals surface area (Å²) in [5.41, 5.74) is -0.00580. The Balaban J connectivity index is 2.13. The Kier molecular flexibility index (Phi) is 3.92. The summed E-state index contributed by atoms with van der Waals surface area (Å²) in [5.74, 6) is -1.83. The van der Waals surface area contributed by atoms with Gasteiger partial charge in [0.2, 0.25) is 10.0 Å². The van der Waals surface area contributed by atoms with E-state index in [1.807, 2.05) is 0 Å². The van der Waals surface area contributed by atoms with Crippen LogP contribution in [0.4, 0.5) is 10.1 Å². The highest BCUT2D eigenvalue weighted by atomic mass is 32.2. The molecule has 0 radical (unpaired) electrons. The summed E-state index contributed by atoms with van der Waals surface area (Å²) in [5, 5.41) is 8.21. The molecule has 1 aliphatic rings. The third-order valence-corrected chi connectivity index (χ3v) is 6.73. The van der Waals surface area contributed by atoms with E-state index in [1.54, 1.807) is 0 Å². The first-order valence-electron chi connectivity index (χ1n) is 5.90. The molecule has 1 heterocycles. The Hall–Kier alpha value is -1.35. The van der Waals surface area contributed by atoms with Crippen LogP contribution in [-0.2, 0) is 19.9 Å². The lowest BCUT2D eigenvalue weighted by Crippen LogP contribution is -2.36. The van der Waals surface area contributed by atoms with Gasteiger partial charge in [-0.15, -0.1) is 0 Å². The number of halogens is 1. The summed E-state index contributed by atoms with van der Waals surface area (Å²) in [6.45, 7) is 0. The Labute approximate surface area is 116 Å². The second-order valence-corrected chi connectivity index (χ2v) is 8.93. The number of rotatable bonds is 3. The Bertz CT molecular complexity index is 700. The van der Waals surface area contributed by atoms with E-state index < -0.39 is 36.7 Å². The zero-order valence-corrected chi connectivity index (χ0v) is 12.0. The molecule has 2 N–H and O–H groups in total. The van der Waals surface area contributed by atoms with Gasteiger partial charge >= 0.3 is 0 Å². The fourth-order valence-corrected chi connectivity index (χ4v) is 5.26. The Morgan fingerprint density at radius 1 is 1.25 bits per heavy atom. The van der Waals surface area contributed by atoms with Crippen LogP contribution in [0.15, 0.2) is 18.2 Å². The van der Waals surface area contributed by atoms with E-state index in [1.165, 1.54) is 6.07 Å². The van der Waals surface area contributed by atoms with Gasteiger partial charge in [0.1, 0.15) is 9.84 Å². The van der Waals surface area contributed by atoms with Gasteiger partial charge in [-0.2, -0.15) is 0 Å². The zero-order valence-electron chi connectivity index (χ0n) is 10.4. The molecule has 0 bridgehead atoms. The maximum absolute atomic E-state index is 13.1. The zero-order chi connectivity index (χ0) is 15.0. The number of hydrogen-bond acceptors (Lipinski definition) is 5. The summed E-state index contributed by atoms with van der Waals surface area (Å²) >= 11 is 0. The Morgan fingerprint density at radius 2 is 1.85 bits per heavy atom. The van der Waals surface area contributed by atoms with Crippen LogP contribution in [0.25, 0.3) is 0 Å². The van der Waals surface area contributed by atoms with Crippen molar-refractivity contribution in [2.75, 3.05) is 16.2 Å². The van der Waals surface area contributed by atoms with Gasteiger partial charge in [0, 0.05) is 6.07 Å². The second-order valence-electron chi connectivity index (χ2n) is 4.66. The van der Waals surface area contributed by atoms with Gasteiger partial charge in [0.25, 0.3) is 0 Å². The van der Waals surface area contributed by atoms with Gasteiger partial charge < -0.3 is 5.11 Å². The molecule has 0 amide bonds. The van der Waals surface area contributed by atoms with E-state index in [9.17, 15) is 21.2 Å². The minimum atomic E-state index is -3.78. The molecular weight excluding hydrogens is 309 g/mol. The van der Waals surface area contributed by atoms with Crippen molar-refractivity contribution in [3.05, 3.63) is 24.0 Å². The molecule has 1 saturated heterocycles. The van der Waals surface area contributed by atoms with Crippen LogP contribution in [0.2, 0.25) is 0 Å². The molecule has 1 aromatic rings. The Morgan fingerprint density at radius 3 is 2.40 bits per heavy atom. The molecule has 20 heavy (non-hydrogen) atoms. The van der Waals surface area contributed by atoms with Gasteiger partial charge in [-0.1, -0.05) is 0 Å². The number of hydrogen-bond donors (Lipinski definition) is 2. The molecule has 6 nitrogen and oxygen atoms in total. The van der Waals surface area contributed by atoms with Crippen molar-refractivity contribution in [1.29, 1.82) is 0 Å². The molecular formula is C11H14FNO5S2. The van der Waals surface area contributed by atoms with Crippen molar-refractivity contribution >= 4 is 25.5 Å². The van der Waals surface area contributed by atoms with Crippen molar-refractivity contribution < 1.29 is 26.3 Å². The number of aromatic hydroxyl groups is 1. The molecule has 112 valence electrons. The van der Waals surface area contributed by atoms with Crippen LogP contribution < -0.4 is 4.72 Å². The summed E-state index contributed by atoms with van der Waals surface area (Å²) in [4.78, 5) is 0. The van der Waals surface area contributed by atoms with Gasteiger partial charge in [-0.3, -0.25) is 4.72 Å². The first-order valence-corrected chi connectivity index (χ1v) is 9.27. The van der Waals surface area contributed by atoms with Crippen LogP contribution in [0, 0.1) is 5.82 Å². The lowest BCUT2D eigenvalue weighted by atomic mass is 10.2. The molecule has 0 aliphatic carbocycles. The maximum atomic E-state index is 13.1. The maximum Gasteiger partial charge on any atom is 0.235 e. The summed E-state index contributed by atoms with van der Waals surface area (Å²) in [6, 6.07) is 3.14. The van der Waals surface area contributed by atoms with Crippen LogP contribution in [-0.4, -0.2) is 38.7 Å². The van der Waals surface area contributed by atoms with Crippen molar-refractivity contribution in [3.8, 4) is 5.75 Å². The third-order valence-electron chi connectivity index (χ3n) is 3.15. The number of sulfone groups is 1. The minimum Gasteiger partial charge on any atom is -0.505 e. The number of phenolic OH excluding ortho intramolecular Hbond substituents is 1. The van der Waals surface area contributed by atoms with E-state index in [0.717, 1.165) is 12.1 Å². The van der Waals surface area contributed by atoms with Crippen LogP contribution in [0.1, 0.15) is 12.8 Å². The van der Waals surface area contributed by atoms with Gasteiger partial charge in [0.15, 0.2) is 11.6 Å². The summed E-state index contributed by atoms with van der Waals surface area (Å²) in [7, 11) is -6.93. The average Bonchev–Trinajstić information content (AvgIpc) is 2.33. The lowest BCUT2D eigenvalue weighted by molar-refractivity contribution is 0.432.